The number of benzene rings is 4. The maximum atomic E-state index is 14.6. The molecule has 4 rings (SSSR count). The number of amides is 2. The number of rotatable bonds is 16. The number of hydrogen-bond acceptors (Lipinski definition) is 6. The summed E-state index contributed by atoms with van der Waals surface area (Å²) in [5.74, 6) is -0.210. The number of methoxy groups -OCH3 is 2. The summed E-state index contributed by atoms with van der Waals surface area (Å²) in [4.78, 5) is 29.8. The van der Waals surface area contributed by atoms with Gasteiger partial charge in [-0.25, -0.2) is 8.42 Å². The average molecular weight is 658 g/mol. The highest BCUT2D eigenvalue weighted by Gasteiger charge is 2.35. The minimum atomic E-state index is -4.29. The molecule has 1 atom stereocenters. The predicted octanol–water partition coefficient (Wildman–Crippen LogP) is 5.76. The highest BCUT2D eigenvalue weighted by molar-refractivity contribution is 7.92. The van der Waals surface area contributed by atoms with E-state index >= 15 is 0 Å². The fourth-order valence-electron chi connectivity index (χ4n) is 5.18. The first-order valence-corrected chi connectivity index (χ1v) is 17.1. The van der Waals surface area contributed by atoms with Crippen LogP contribution < -0.4 is 19.1 Å². The molecular formula is C37H43N3O6S. The minimum Gasteiger partial charge on any atom is -0.493 e. The van der Waals surface area contributed by atoms with Gasteiger partial charge in [-0.2, -0.15) is 0 Å². The second-order valence-corrected chi connectivity index (χ2v) is 13.1. The van der Waals surface area contributed by atoms with Crippen LogP contribution >= 0.6 is 0 Å². The topological polar surface area (TPSA) is 105 Å². The molecular weight excluding hydrogens is 614 g/mol. The van der Waals surface area contributed by atoms with E-state index in [-0.39, 0.29) is 29.5 Å². The maximum absolute atomic E-state index is 14.6. The van der Waals surface area contributed by atoms with Crippen LogP contribution in [-0.2, 0) is 32.6 Å². The van der Waals surface area contributed by atoms with Crippen molar-refractivity contribution in [2.75, 3.05) is 31.6 Å². The molecule has 248 valence electrons. The first-order valence-electron chi connectivity index (χ1n) is 15.6. The second-order valence-electron chi connectivity index (χ2n) is 11.2. The van der Waals surface area contributed by atoms with E-state index < -0.39 is 28.5 Å². The molecule has 10 heteroatoms. The Morgan fingerprint density at radius 3 is 2.06 bits per heavy atom. The number of carbonyl (C=O) groups is 2. The van der Waals surface area contributed by atoms with Crippen LogP contribution in [0.3, 0.4) is 0 Å². The summed E-state index contributed by atoms with van der Waals surface area (Å²) in [7, 11) is -1.40. The van der Waals surface area contributed by atoms with E-state index in [0.717, 1.165) is 33.8 Å². The van der Waals surface area contributed by atoms with E-state index in [1.165, 1.54) is 37.3 Å². The highest BCUT2D eigenvalue weighted by Crippen LogP contribution is 2.32. The normalized spacial score (nSPS) is 11.7. The Balaban J connectivity index is 1.79. The zero-order valence-electron chi connectivity index (χ0n) is 27.4. The Kier molecular flexibility index (Phi) is 12.4. The number of nitrogens with zero attached hydrogens (tertiary/aromatic N) is 2. The Morgan fingerprint density at radius 1 is 0.809 bits per heavy atom. The van der Waals surface area contributed by atoms with Crippen LogP contribution in [0, 0.1) is 6.92 Å². The van der Waals surface area contributed by atoms with E-state index in [1.807, 2.05) is 68.4 Å². The summed E-state index contributed by atoms with van der Waals surface area (Å²) in [6.45, 7) is 4.05. The molecule has 0 saturated heterocycles. The monoisotopic (exact) mass is 657 g/mol. The second kappa shape index (κ2) is 16.6. The maximum Gasteiger partial charge on any atom is 0.264 e. The molecule has 0 unspecified atom stereocenters. The zero-order valence-corrected chi connectivity index (χ0v) is 28.2. The average Bonchev–Trinajstić information content (AvgIpc) is 3.09. The predicted molar refractivity (Wildman–Crippen MR) is 184 cm³/mol. The summed E-state index contributed by atoms with van der Waals surface area (Å²) in [6, 6.07) is 29.1. The molecule has 0 bridgehead atoms. The molecule has 9 nitrogen and oxygen atoms in total. The van der Waals surface area contributed by atoms with E-state index in [4.69, 9.17) is 9.47 Å². The smallest absolute Gasteiger partial charge is 0.264 e. The van der Waals surface area contributed by atoms with Crippen LogP contribution in [0.25, 0.3) is 0 Å². The first kappa shape index (κ1) is 35.0. The van der Waals surface area contributed by atoms with Gasteiger partial charge in [0.25, 0.3) is 10.0 Å². The van der Waals surface area contributed by atoms with Gasteiger partial charge in [0.2, 0.25) is 11.8 Å². The lowest BCUT2D eigenvalue weighted by atomic mass is 10.0. The first-order chi connectivity index (χ1) is 22.7. The fourth-order valence-corrected chi connectivity index (χ4v) is 6.61. The highest BCUT2D eigenvalue weighted by atomic mass is 32.2. The summed E-state index contributed by atoms with van der Waals surface area (Å²) in [5.41, 5.74) is 3.05. The molecule has 47 heavy (non-hydrogen) atoms. The minimum absolute atomic E-state index is 0.0740. The number of para-hydroxylation sites is 1. The van der Waals surface area contributed by atoms with Crippen molar-refractivity contribution in [2.45, 2.75) is 50.6 Å². The number of hydrogen-bond donors (Lipinski definition) is 1. The van der Waals surface area contributed by atoms with Gasteiger partial charge in [0.05, 0.1) is 24.8 Å². The Hall–Kier alpha value is -4.83. The number of ether oxygens (including phenoxy) is 2. The number of sulfonamides is 1. The van der Waals surface area contributed by atoms with Gasteiger partial charge < -0.3 is 19.7 Å². The van der Waals surface area contributed by atoms with Gasteiger partial charge in [-0.15, -0.1) is 0 Å². The number of anilines is 1. The molecule has 0 heterocycles. The van der Waals surface area contributed by atoms with Crippen molar-refractivity contribution < 1.29 is 27.5 Å². The van der Waals surface area contributed by atoms with Crippen molar-refractivity contribution in [3.8, 4) is 11.5 Å². The van der Waals surface area contributed by atoms with Crippen LogP contribution in [0.5, 0.6) is 11.5 Å². The van der Waals surface area contributed by atoms with Crippen LogP contribution in [0.4, 0.5) is 5.69 Å². The van der Waals surface area contributed by atoms with Gasteiger partial charge in [0.1, 0.15) is 12.6 Å². The lowest BCUT2D eigenvalue weighted by molar-refractivity contribution is -0.140. The molecule has 0 aliphatic rings. The lowest BCUT2D eigenvalue weighted by Gasteiger charge is -2.34. The van der Waals surface area contributed by atoms with Crippen LogP contribution in [0.2, 0.25) is 0 Å². The molecule has 1 N–H and O–H groups in total. The molecule has 4 aromatic carbocycles. The largest absolute Gasteiger partial charge is 0.493 e. The van der Waals surface area contributed by atoms with Gasteiger partial charge in [0, 0.05) is 25.6 Å². The van der Waals surface area contributed by atoms with E-state index in [1.54, 1.807) is 30.3 Å². The Bertz CT molecular complexity index is 1710. The van der Waals surface area contributed by atoms with E-state index in [2.05, 4.69) is 5.32 Å². The molecule has 0 aromatic heterocycles. The Morgan fingerprint density at radius 2 is 1.45 bits per heavy atom. The summed E-state index contributed by atoms with van der Waals surface area (Å²) in [6.07, 6.45) is 1.95. The van der Waals surface area contributed by atoms with Gasteiger partial charge in [-0.05, 0) is 48.7 Å². The lowest BCUT2D eigenvalue weighted by Crippen LogP contribution is -2.53. The van der Waals surface area contributed by atoms with Crippen molar-refractivity contribution >= 4 is 27.5 Å². The molecule has 0 saturated carbocycles. The fraction of sp³-hybridized carbons (Fsp3) is 0.297. The number of nitrogens with one attached hydrogen (secondary N) is 1. The Labute approximate surface area is 278 Å². The SMILES string of the molecule is CCCCNC(=O)[C@H](Cc1ccccc1)N(Cc1ccc(C)cc1)C(=O)CN(c1ccccc1)S(=O)(=O)c1ccc(OC)c(OC)c1. The van der Waals surface area contributed by atoms with Gasteiger partial charge in [-0.1, -0.05) is 91.7 Å². The molecule has 0 aliphatic heterocycles. The number of aryl methyl sites for hydroxylation is 1. The third kappa shape index (κ3) is 9.13. The van der Waals surface area contributed by atoms with Crippen molar-refractivity contribution in [1.29, 1.82) is 0 Å². The van der Waals surface area contributed by atoms with Gasteiger partial charge >= 0.3 is 0 Å². The standard InChI is InChI=1S/C37H43N3O6S/c1-5-6-23-38-37(42)33(24-29-13-9-7-10-14-29)39(26-30-19-17-28(2)18-20-30)36(41)27-40(31-15-11-8-12-16-31)47(43,44)32-21-22-34(45-3)35(25-32)46-4/h7-22,25,33H,5-6,23-24,26-27H2,1-4H3,(H,38,42)/t33-/m0/s1. The third-order valence-electron chi connectivity index (χ3n) is 7.84. The van der Waals surface area contributed by atoms with E-state index in [9.17, 15) is 18.0 Å². The van der Waals surface area contributed by atoms with Gasteiger partial charge in [0.15, 0.2) is 11.5 Å². The van der Waals surface area contributed by atoms with Crippen LogP contribution in [-0.4, -0.2) is 58.5 Å². The summed E-state index contributed by atoms with van der Waals surface area (Å²) in [5, 5.41) is 3.01. The molecule has 2 amide bonds. The number of carbonyl (C=O) groups excluding carboxylic acids is 2. The summed E-state index contributed by atoms with van der Waals surface area (Å²) >= 11 is 0. The molecule has 0 radical (unpaired) electrons. The van der Waals surface area contributed by atoms with Crippen molar-refractivity contribution in [3.05, 3.63) is 120 Å². The van der Waals surface area contributed by atoms with Crippen LogP contribution in [0.15, 0.2) is 108 Å². The van der Waals surface area contributed by atoms with Gasteiger partial charge in [-0.3, -0.25) is 13.9 Å². The number of unbranched alkanes of at least 4 members (excludes halogenated alkanes) is 1. The molecule has 4 aromatic rings. The van der Waals surface area contributed by atoms with Crippen molar-refractivity contribution in [1.82, 2.24) is 10.2 Å². The molecule has 0 aliphatic carbocycles. The van der Waals surface area contributed by atoms with Crippen LogP contribution in [0.1, 0.15) is 36.5 Å². The molecule has 0 fully saturated rings. The quantitative estimate of drug-likeness (QED) is 0.154. The van der Waals surface area contributed by atoms with Crippen molar-refractivity contribution in [2.24, 2.45) is 0 Å². The van der Waals surface area contributed by atoms with E-state index in [0.29, 0.717) is 18.0 Å². The zero-order chi connectivity index (χ0) is 33.8. The molecule has 0 spiro atoms. The summed E-state index contributed by atoms with van der Waals surface area (Å²) < 4.78 is 40.4. The van der Waals surface area contributed by atoms with Crippen molar-refractivity contribution in [3.63, 3.8) is 0 Å². The third-order valence-corrected chi connectivity index (χ3v) is 9.61.